The average Bonchev–Trinajstić information content (AvgIpc) is 2.86. The molecule has 0 aliphatic carbocycles. The standard InChI is InChI=1S/C26H29N3O4/c1-3-32-17-18-33-24-12-8-7-11-23(24)28-25(30)19-27-21-15-13-20(14-16-21)26(31)29(2)22-9-5-4-6-10-22/h4-16,27H,3,17-19H2,1-2H3,(H,28,30). The normalized spacial score (nSPS) is 10.4. The highest BCUT2D eigenvalue weighted by Gasteiger charge is 2.13. The van der Waals surface area contributed by atoms with Gasteiger partial charge in [-0.15, -0.1) is 0 Å². The summed E-state index contributed by atoms with van der Waals surface area (Å²) in [6, 6.07) is 23.8. The van der Waals surface area contributed by atoms with Crippen LogP contribution < -0.4 is 20.3 Å². The van der Waals surface area contributed by atoms with E-state index in [9.17, 15) is 9.59 Å². The Kier molecular flexibility index (Phi) is 8.85. The molecule has 2 amide bonds. The summed E-state index contributed by atoms with van der Waals surface area (Å²) in [5, 5.41) is 5.93. The molecular formula is C26H29N3O4. The first kappa shape index (κ1) is 23.8. The molecule has 172 valence electrons. The van der Waals surface area contributed by atoms with Gasteiger partial charge in [-0.3, -0.25) is 9.59 Å². The maximum Gasteiger partial charge on any atom is 0.258 e. The third-order valence-corrected chi connectivity index (χ3v) is 4.88. The molecule has 33 heavy (non-hydrogen) atoms. The molecule has 0 atom stereocenters. The smallest absolute Gasteiger partial charge is 0.258 e. The molecule has 3 aromatic carbocycles. The van der Waals surface area contributed by atoms with Crippen molar-refractivity contribution in [2.24, 2.45) is 0 Å². The van der Waals surface area contributed by atoms with Crippen LogP contribution in [0.25, 0.3) is 0 Å². The molecule has 0 aliphatic rings. The Morgan fingerprint density at radius 2 is 1.58 bits per heavy atom. The first-order valence-corrected chi connectivity index (χ1v) is 10.8. The minimum Gasteiger partial charge on any atom is -0.489 e. The van der Waals surface area contributed by atoms with Crippen molar-refractivity contribution in [1.29, 1.82) is 0 Å². The minimum absolute atomic E-state index is 0.0739. The molecule has 3 aromatic rings. The zero-order valence-electron chi connectivity index (χ0n) is 18.9. The highest BCUT2D eigenvalue weighted by molar-refractivity contribution is 6.05. The Hall–Kier alpha value is -3.84. The Balaban J connectivity index is 1.51. The van der Waals surface area contributed by atoms with Crippen LogP contribution >= 0.6 is 0 Å². The minimum atomic E-state index is -0.208. The van der Waals surface area contributed by atoms with Gasteiger partial charge >= 0.3 is 0 Å². The number of ether oxygens (including phenoxy) is 2. The molecule has 0 bridgehead atoms. The molecule has 3 rings (SSSR count). The number of benzene rings is 3. The van der Waals surface area contributed by atoms with E-state index < -0.39 is 0 Å². The predicted octanol–water partition coefficient (Wildman–Crippen LogP) is 4.43. The summed E-state index contributed by atoms with van der Waals surface area (Å²) in [5.41, 5.74) is 2.73. The van der Waals surface area contributed by atoms with E-state index in [4.69, 9.17) is 9.47 Å². The number of hydrogen-bond acceptors (Lipinski definition) is 5. The van der Waals surface area contributed by atoms with E-state index in [-0.39, 0.29) is 18.4 Å². The largest absolute Gasteiger partial charge is 0.489 e. The zero-order chi connectivity index (χ0) is 23.5. The van der Waals surface area contributed by atoms with Crippen LogP contribution in [0.4, 0.5) is 17.1 Å². The molecule has 0 unspecified atom stereocenters. The van der Waals surface area contributed by atoms with Gasteiger partial charge in [0.1, 0.15) is 12.4 Å². The molecular weight excluding hydrogens is 418 g/mol. The lowest BCUT2D eigenvalue weighted by Gasteiger charge is -2.17. The van der Waals surface area contributed by atoms with Gasteiger partial charge in [-0.05, 0) is 55.5 Å². The van der Waals surface area contributed by atoms with Gasteiger partial charge in [0.15, 0.2) is 0 Å². The van der Waals surface area contributed by atoms with Crippen LogP contribution in [0.3, 0.4) is 0 Å². The van der Waals surface area contributed by atoms with Gasteiger partial charge in [0.2, 0.25) is 5.91 Å². The van der Waals surface area contributed by atoms with Crippen LogP contribution in [-0.2, 0) is 9.53 Å². The maximum absolute atomic E-state index is 12.7. The third-order valence-electron chi connectivity index (χ3n) is 4.88. The summed E-state index contributed by atoms with van der Waals surface area (Å²) in [6.07, 6.45) is 0. The topological polar surface area (TPSA) is 79.9 Å². The van der Waals surface area contributed by atoms with Gasteiger partial charge in [0.05, 0.1) is 18.8 Å². The van der Waals surface area contributed by atoms with Crippen molar-refractivity contribution in [2.45, 2.75) is 6.92 Å². The molecule has 0 saturated carbocycles. The summed E-state index contributed by atoms with van der Waals surface area (Å²) in [5.74, 6) is 0.280. The van der Waals surface area contributed by atoms with Gasteiger partial charge in [-0.2, -0.15) is 0 Å². The maximum atomic E-state index is 12.7. The van der Waals surface area contributed by atoms with E-state index in [0.29, 0.717) is 36.8 Å². The zero-order valence-corrected chi connectivity index (χ0v) is 18.9. The lowest BCUT2D eigenvalue weighted by molar-refractivity contribution is -0.114. The quantitative estimate of drug-likeness (QED) is 0.425. The first-order chi connectivity index (χ1) is 16.1. The molecule has 0 saturated heterocycles. The lowest BCUT2D eigenvalue weighted by atomic mass is 10.1. The number of nitrogens with zero attached hydrogens (tertiary/aromatic N) is 1. The number of carbonyl (C=O) groups is 2. The van der Waals surface area contributed by atoms with Crippen LogP contribution in [0.2, 0.25) is 0 Å². The molecule has 0 aromatic heterocycles. The van der Waals surface area contributed by atoms with Crippen molar-refractivity contribution >= 4 is 28.9 Å². The Labute approximate surface area is 194 Å². The van der Waals surface area contributed by atoms with Crippen LogP contribution in [-0.4, -0.2) is 45.2 Å². The first-order valence-electron chi connectivity index (χ1n) is 10.8. The van der Waals surface area contributed by atoms with Gasteiger partial charge in [-0.1, -0.05) is 30.3 Å². The summed E-state index contributed by atoms with van der Waals surface area (Å²) >= 11 is 0. The van der Waals surface area contributed by atoms with Gasteiger partial charge in [-0.25, -0.2) is 0 Å². The van der Waals surface area contributed by atoms with Gasteiger partial charge in [0.25, 0.3) is 5.91 Å². The van der Waals surface area contributed by atoms with Crippen molar-refractivity contribution in [2.75, 3.05) is 48.9 Å². The molecule has 2 N–H and O–H groups in total. The fourth-order valence-corrected chi connectivity index (χ4v) is 3.12. The summed E-state index contributed by atoms with van der Waals surface area (Å²) in [7, 11) is 1.74. The van der Waals surface area contributed by atoms with E-state index in [1.165, 1.54) is 0 Å². The van der Waals surface area contributed by atoms with E-state index in [0.717, 1.165) is 11.4 Å². The number of anilines is 3. The van der Waals surface area contributed by atoms with Crippen molar-refractivity contribution in [3.05, 3.63) is 84.4 Å². The highest BCUT2D eigenvalue weighted by atomic mass is 16.5. The second-order valence-electron chi connectivity index (χ2n) is 7.22. The number of para-hydroxylation sites is 3. The monoisotopic (exact) mass is 447 g/mol. The second kappa shape index (κ2) is 12.3. The summed E-state index contributed by atoms with van der Waals surface area (Å²) in [4.78, 5) is 26.7. The van der Waals surface area contributed by atoms with Crippen LogP contribution in [0, 0.1) is 0 Å². The molecule has 0 heterocycles. The van der Waals surface area contributed by atoms with Crippen molar-refractivity contribution < 1.29 is 19.1 Å². The fourth-order valence-electron chi connectivity index (χ4n) is 3.12. The van der Waals surface area contributed by atoms with Crippen molar-refractivity contribution in [1.82, 2.24) is 0 Å². The molecule has 0 fully saturated rings. The molecule has 7 heteroatoms. The molecule has 0 aliphatic heterocycles. The van der Waals surface area contributed by atoms with Crippen molar-refractivity contribution in [3.63, 3.8) is 0 Å². The van der Waals surface area contributed by atoms with Crippen LogP contribution in [0.15, 0.2) is 78.9 Å². The van der Waals surface area contributed by atoms with Crippen LogP contribution in [0.5, 0.6) is 5.75 Å². The molecule has 0 spiro atoms. The summed E-state index contributed by atoms with van der Waals surface area (Å²) in [6.45, 7) is 3.52. The summed E-state index contributed by atoms with van der Waals surface area (Å²) < 4.78 is 11.0. The molecule has 0 radical (unpaired) electrons. The number of nitrogens with one attached hydrogen (secondary N) is 2. The number of hydrogen-bond donors (Lipinski definition) is 2. The Morgan fingerprint density at radius 3 is 2.30 bits per heavy atom. The van der Waals surface area contributed by atoms with E-state index >= 15 is 0 Å². The van der Waals surface area contributed by atoms with Crippen molar-refractivity contribution in [3.8, 4) is 5.75 Å². The Morgan fingerprint density at radius 1 is 0.879 bits per heavy atom. The van der Waals surface area contributed by atoms with E-state index in [1.807, 2.05) is 49.4 Å². The lowest BCUT2D eigenvalue weighted by Crippen LogP contribution is -2.26. The fraction of sp³-hybridized carbons (Fsp3) is 0.231. The van der Waals surface area contributed by atoms with E-state index in [2.05, 4.69) is 10.6 Å². The predicted molar refractivity (Wildman–Crippen MR) is 131 cm³/mol. The number of carbonyl (C=O) groups excluding carboxylic acids is 2. The second-order valence-corrected chi connectivity index (χ2v) is 7.22. The third kappa shape index (κ3) is 7.08. The van der Waals surface area contributed by atoms with E-state index in [1.54, 1.807) is 48.3 Å². The van der Waals surface area contributed by atoms with Gasteiger partial charge in [0, 0.05) is 30.6 Å². The average molecular weight is 448 g/mol. The molecule has 7 nitrogen and oxygen atoms in total. The number of amides is 2. The SMILES string of the molecule is CCOCCOc1ccccc1NC(=O)CNc1ccc(C(=O)N(C)c2ccccc2)cc1. The highest BCUT2D eigenvalue weighted by Crippen LogP contribution is 2.23. The number of rotatable bonds is 11. The van der Waals surface area contributed by atoms with Gasteiger partial charge < -0.3 is 25.0 Å². The Bertz CT molecular complexity index is 1040. The van der Waals surface area contributed by atoms with Crippen LogP contribution in [0.1, 0.15) is 17.3 Å².